The Balaban J connectivity index is 1.62. The van der Waals surface area contributed by atoms with E-state index in [2.05, 4.69) is 6.92 Å². The number of hydrogen-bond donors (Lipinski definition) is 1. The summed E-state index contributed by atoms with van der Waals surface area (Å²) in [6, 6.07) is 0. The van der Waals surface area contributed by atoms with Gasteiger partial charge in [-0.1, -0.05) is 26.2 Å². The minimum atomic E-state index is -0.258. The maximum absolute atomic E-state index is 11.0. The fourth-order valence-electron chi connectivity index (χ4n) is 6.81. The van der Waals surface area contributed by atoms with Crippen LogP contribution in [0.1, 0.15) is 77.6 Å². The minimum absolute atomic E-state index is 0.258. The van der Waals surface area contributed by atoms with Crippen LogP contribution in [0.15, 0.2) is 0 Å². The molecule has 0 aromatic heterocycles. The lowest BCUT2D eigenvalue weighted by Crippen LogP contribution is -2.54. The quantitative estimate of drug-likeness (QED) is 0.680. The summed E-state index contributed by atoms with van der Waals surface area (Å²) >= 11 is 0. The maximum Gasteiger partial charge on any atom is 0.0678 e. The van der Waals surface area contributed by atoms with Gasteiger partial charge in [0.15, 0.2) is 0 Å². The van der Waals surface area contributed by atoms with E-state index in [0.717, 1.165) is 30.6 Å². The Labute approximate surface area is 118 Å². The highest BCUT2D eigenvalue weighted by molar-refractivity contribution is 5.06. The van der Waals surface area contributed by atoms with Crippen molar-refractivity contribution in [2.45, 2.75) is 83.2 Å². The molecular formula is C18H30O. The van der Waals surface area contributed by atoms with Gasteiger partial charge in [0.05, 0.1) is 5.60 Å². The van der Waals surface area contributed by atoms with Crippen molar-refractivity contribution in [1.29, 1.82) is 0 Å². The van der Waals surface area contributed by atoms with Crippen molar-refractivity contribution in [3.05, 3.63) is 0 Å². The zero-order valence-electron chi connectivity index (χ0n) is 12.5. The van der Waals surface area contributed by atoms with Gasteiger partial charge in [-0.05, 0) is 80.5 Å². The maximum atomic E-state index is 11.0. The number of fused-ring (bicyclic) bond motifs is 5. The van der Waals surface area contributed by atoms with Gasteiger partial charge in [-0.15, -0.1) is 0 Å². The molecule has 19 heavy (non-hydrogen) atoms. The smallest absolute Gasteiger partial charge is 0.0678 e. The molecule has 6 atom stereocenters. The van der Waals surface area contributed by atoms with E-state index in [1.807, 2.05) is 0 Å². The third kappa shape index (κ3) is 1.76. The average Bonchev–Trinajstić information content (AvgIpc) is 2.79. The van der Waals surface area contributed by atoms with E-state index in [0.29, 0.717) is 11.3 Å². The summed E-state index contributed by atoms with van der Waals surface area (Å²) in [5, 5.41) is 11.0. The van der Waals surface area contributed by atoms with Crippen molar-refractivity contribution in [1.82, 2.24) is 0 Å². The second kappa shape index (κ2) is 4.23. The molecular weight excluding hydrogens is 232 g/mol. The van der Waals surface area contributed by atoms with E-state index in [9.17, 15) is 5.11 Å². The molecule has 1 N–H and O–H groups in total. The standard InChI is InChI=1S/C18H30O/c1-17-9-4-6-15(17)13-8-12-18(19)10-3-2-5-16(18)14(13)7-11-17/h13-16,19H,2-12H2,1H3/t13-,14+,15+,16-,17+,18?/m1/s1. The highest BCUT2D eigenvalue weighted by atomic mass is 16.3. The monoisotopic (exact) mass is 262 g/mol. The summed E-state index contributed by atoms with van der Waals surface area (Å²) in [4.78, 5) is 0. The first-order valence-electron chi connectivity index (χ1n) is 8.85. The molecule has 4 aliphatic rings. The van der Waals surface area contributed by atoms with Crippen LogP contribution in [0, 0.1) is 29.1 Å². The predicted molar refractivity (Wildman–Crippen MR) is 77.8 cm³/mol. The SMILES string of the molecule is C[C@@]12CCC[C@H]1[C@@H]1CCC3(O)CCCC[C@@H]3[C@H]1CC2. The predicted octanol–water partition coefficient (Wildman–Crippen LogP) is 4.53. The Morgan fingerprint density at radius 2 is 1.47 bits per heavy atom. The van der Waals surface area contributed by atoms with Crippen molar-refractivity contribution in [2.75, 3.05) is 0 Å². The lowest BCUT2D eigenvalue weighted by molar-refractivity contribution is -0.147. The van der Waals surface area contributed by atoms with Gasteiger partial charge >= 0.3 is 0 Å². The van der Waals surface area contributed by atoms with Gasteiger partial charge in [0.2, 0.25) is 0 Å². The molecule has 0 heterocycles. The van der Waals surface area contributed by atoms with E-state index >= 15 is 0 Å². The summed E-state index contributed by atoms with van der Waals surface area (Å²) in [6.07, 6.45) is 14.8. The number of aliphatic hydroxyl groups is 1. The molecule has 0 saturated heterocycles. The van der Waals surface area contributed by atoms with E-state index in [4.69, 9.17) is 0 Å². The van der Waals surface area contributed by atoms with Crippen LogP contribution < -0.4 is 0 Å². The van der Waals surface area contributed by atoms with Gasteiger partial charge in [0.1, 0.15) is 0 Å². The summed E-state index contributed by atoms with van der Waals surface area (Å²) in [5.41, 5.74) is 0.414. The first-order valence-corrected chi connectivity index (χ1v) is 8.85. The van der Waals surface area contributed by atoms with Crippen LogP contribution in [-0.4, -0.2) is 10.7 Å². The summed E-state index contributed by atoms with van der Waals surface area (Å²) in [7, 11) is 0. The van der Waals surface area contributed by atoms with Crippen molar-refractivity contribution in [3.8, 4) is 0 Å². The summed E-state index contributed by atoms with van der Waals surface area (Å²) < 4.78 is 0. The van der Waals surface area contributed by atoms with Gasteiger partial charge in [-0.3, -0.25) is 0 Å². The third-order valence-electron chi connectivity index (χ3n) is 7.77. The number of rotatable bonds is 0. The first kappa shape index (κ1) is 12.7. The Bertz CT molecular complexity index is 365. The zero-order valence-corrected chi connectivity index (χ0v) is 12.5. The molecule has 1 nitrogen and oxygen atoms in total. The van der Waals surface area contributed by atoms with Gasteiger partial charge in [-0.25, -0.2) is 0 Å². The molecule has 0 aliphatic heterocycles. The topological polar surface area (TPSA) is 20.2 Å². The molecule has 0 radical (unpaired) electrons. The molecule has 4 aliphatic carbocycles. The van der Waals surface area contributed by atoms with Crippen molar-refractivity contribution < 1.29 is 5.11 Å². The van der Waals surface area contributed by atoms with E-state index in [-0.39, 0.29) is 5.60 Å². The molecule has 1 unspecified atom stereocenters. The van der Waals surface area contributed by atoms with E-state index < -0.39 is 0 Å². The highest BCUT2D eigenvalue weighted by Crippen LogP contribution is 2.63. The van der Waals surface area contributed by atoms with Crippen molar-refractivity contribution >= 4 is 0 Å². The molecule has 4 rings (SSSR count). The molecule has 4 saturated carbocycles. The molecule has 0 bridgehead atoms. The molecule has 0 amide bonds. The molecule has 1 heteroatoms. The fraction of sp³-hybridized carbons (Fsp3) is 1.00. The van der Waals surface area contributed by atoms with Crippen LogP contribution in [0.25, 0.3) is 0 Å². The van der Waals surface area contributed by atoms with Crippen molar-refractivity contribution in [2.24, 2.45) is 29.1 Å². The minimum Gasteiger partial charge on any atom is -0.390 e. The third-order valence-corrected chi connectivity index (χ3v) is 7.77. The van der Waals surface area contributed by atoms with Gasteiger partial charge in [0.25, 0.3) is 0 Å². The molecule has 0 aromatic rings. The lowest BCUT2D eigenvalue weighted by atomic mass is 9.49. The van der Waals surface area contributed by atoms with Crippen LogP contribution in [-0.2, 0) is 0 Å². The average molecular weight is 262 g/mol. The summed E-state index contributed by atoms with van der Waals surface area (Å²) in [5.74, 6) is 3.49. The van der Waals surface area contributed by atoms with Crippen LogP contribution in [0.3, 0.4) is 0 Å². The molecule has 0 spiro atoms. The van der Waals surface area contributed by atoms with Crippen LogP contribution in [0.4, 0.5) is 0 Å². The van der Waals surface area contributed by atoms with Crippen LogP contribution in [0.5, 0.6) is 0 Å². The number of hydrogen-bond acceptors (Lipinski definition) is 1. The Morgan fingerprint density at radius 1 is 0.737 bits per heavy atom. The van der Waals surface area contributed by atoms with Crippen LogP contribution in [0.2, 0.25) is 0 Å². The largest absolute Gasteiger partial charge is 0.390 e. The highest BCUT2D eigenvalue weighted by Gasteiger charge is 2.56. The van der Waals surface area contributed by atoms with Gasteiger partial charge in [0, 0.05) is 0 Å². The summed E-state index contributed by atoms with van der Waals surface area (Å²) in [6.45, 7) is 2.57. The van der Waals surface area contributed by atoms with Gasteiger partial charge in [-0.2, -0.15) is 0 Å². The molecule has 108 valence electrons. The van der Waals surface area contributed by atoms with Crippen LogP contribution >= 0.6 is 0 Å². The molecule has 4 fully saturated rings. The second-order valence-corrected chi connectivity index (χ2v) is 8.51. The Hall–Kier alpha value is -0.0400. The first-order chi connectivity index (χ1) is 9.12. The van der Waals surface area contributed by atoms with E-state index in [1.165, 1.54) is 57.8 Å². The Morgan fingerprint density at radius 3 is 2.37 bits per heavy atom. The second-order valence-electron chi connectivity index (χ2n) is 8.51. The zero-order chi connectivity index (χ0) is 13.1. The fourth-order valence-corrected chi connectivity index (χ4v) is 6.81. The normalized spacial score (nSPS) is 57.2. The lowest BCUT2D eigenvalue weighted by Gasteiger charge is -2.57. The molecule has 0 aromatic carbocycles. The van der Waals surface area contributed by atoms with Crippen molar-refractivity contribution in [3.63, 3.8) is 0 Å². The Kier molecular flexibility index (Phi) is 2.82. The van der Waals surface area contributed by atoms with E-state index in [1.54, 1.807) is 0 Å². The van der Waals surface area contributed by atoms with Gasteiger partial charge < -0.3 is 5.11 Å².